The molecule has 0 fully saturated rings. The summed E-state index contributed by atoms with van der Waals surface area (Å²) in [6, 6.07) is 0. The minimum absolute atomic E-state index is 0.120. The number of allylic oxidation sites excluding steroid dienone is 1. The summed E-state index contributed by atoms with van der Waals surface area (Å²) in [6.45, 7) is 9.52. The Morgan fingerprint density at radius 3 is 2.00 bits per heavy atom. The second-order valence-corrected chi connectivity index (χ2v) is 6.01. The Balaban J connectivity index is 0. The van der Waals surface area contributed by atoms with Crippen LogP contribution in [0.4, 0.5) is 0 Å². The van der Waals surface area contributed by atoms with E-state index < -0.39 is 7.82 Å². The van der Waals surface area contributed by atoms with Crippen LogP contribution >= 0.6 is 7.82 Å². The molecule has 0 bridgehead atoms. The van der Waals surface area contributed by atoms with Gasteiger partial charge in [-0.05, 0) is 20.3 Å². The molecule has 1 unspecified atom stereocenters. The van der Waals surface area contributed by atoms with E-state index >= 15 is 0 Å². The fraction of sp³-hybridized carbons (Fsp3) is 0.867. The number of hydrogen-bond donors (Lipinski definition) is 1. The topological polar surface area (TPSA) is 65.0 Å². The zero-order valence-corrected chi connectivity index (χ0v) is 14.8. The fourth-order valence-corrected chi connectivity index (χ4v) is 2.16. The van der Waals surface area contributed by atoms with Gasteiger partial charge in [0.1, 0.15) is 0 Å². The van der Waals surface area contributed by atoms with Gasteiger partial charge in [0.25, 0.3) is 0 Å². The Hall–Kier alpha value is -0.190. The maximum atomic E-state index is 11.0. The molecule has 5 nitrogen and oxygen atoms in total. The Bertz CT molecular complexity index is 258. The molecule has 0 aromatic heterocycles. The van der Waals surface area contributed by atoms with E-state index in [1.807, 2.05) is 6.92 Å². The highest BCUT2D eigenvalue weighted by Gasteiger charge is 2.21. The van der Waals surface area contributed by atoms with Crippen molar-refractivity contribution in [3.05, 3.63) is 12.7 Å². The van der Waals surface area contributed by atoms with Gasteiger partial charge in [-0.3, -0.25) is 4.52 Å². The molecular weight excluding hydrogens is 291 g/mol. The van der Waals surface area contributed by atoms with Crippen molar-refractivity contribution in [2.75, 3.05) is 13.2 Å². The lowest BCUT2D eigenvalue weighted by molar-refractivity contribution is -0.224. The predicted octanol–water partition coefficient (Wildman–Crippen LogP) is 5.40. The van der Waals surface area contributed by atoms with Crippen molar-refractivity contribution >= 4 is 7.82 Å². The number of hydrogen-bond acceptors (Lipinski definition) is 4. The van der Waals surface area contributed by atoms with Crippen molar-refractivity contribution in [2.45, 2.75) is 72.1 Å². The zero-order chi connectivity index (χ0) is 16.4. The molecule has 0 spiro atoms. The van der Waals surface area contributed by atoms with Gasteiger partial charge in [-0.2, -0.15) is 0 Å². The maximum absolute atomic E-state index is 11.0. The minimum Gasteiger partial charge on any atom is -0.301 e. The molecule has 0 amide bonds. The Morgan fingerprint density at radius 1 is 1.05 bits per heavy atom. The number of phosphoric ester groups is 1. The first-order valence-electron chi connectivity index (χ1n) is 7.89. The molecule has 0 saturated carbocycles. The summed E-state index contributed by atoms with van der Waals surface area (Å²) in [5.74, 6) is 0. The van der Waals surface area contributed by atoms with Gasteiger partial charge in [0.2, 0.25) is 0 Å². The molecule has 0 aliphatic carbocycles. The van der Waals surface area contributed by atoms with Crippen molar-refractivity contribution in [3.63, 3.8) is 0 Å². The van der Waals surface area contributed by atoms with Crippen LogP contribution in [0.25, 0.3) is 0 Å². The van der Waals surface area contributed by atoms with Crippen molar-refractivity contribution in [2.24, 2.45) is 0 Å². The summed E-state index contributed by atoms with van der Waals surface area (Å²) < 4.78 is 19.8. The summed E-state index contributed by atoms with van der Waals surface area (Å²) in [5, 5.41) is 0. The van der Waals surface area contributed by atoms with Crippen LogP contribution in [0, 0.1) is 0 Å². The van der Waals surface area contributed by atoms with Crippen LogP contribution in [-0.2, 0) is 18.7 Å². The third kappa shape index (κ3) is 22.2. The van der Waals surface area contributed by atoms with E-state index in [2.05, 4.69) is 27.6 Å². The van der Waals surface area contributed by atoms with Gasteiger partial charge < -0.3 is 4.89 Å². The largest absolute Gasteiger partial charge is 0.499 e. The van der Waals surface area contributed by atoms with Crippen LogP contribution < -0.4 is 0 Å². The summed E-state index contributed by atoms with van der Waals surface area (Å²) in [7, 11) is -3.99. The number of unbranched alkanes of at least 4 members (excludes halogenated alkanes) is 7. The van der Waals surface area contributed by atoms with Gasteiger partial charge in [0.05, 0.1) is 13.2 Å². The highest BCUT2D eigenvalue weighted by molar-refractivity contribution is 7.47. The normalized spacial score (nSPS) is 13.1. The van der Waals surface area contributed by atoms with E-state index in [1.165, 1.54) is 38.5 Å². The minimum atomic E-state index is -3.99. The van der Waals surface area contributed by atoms with Crippen LogP contribution in [0.15, 0.2) is 12.7 Å². The first-order valence-corrected chi connectivity index (χ1v) is 9.39. The first kappa shape index (κ1) is 23.1. The van der Waals surface area contributed by atoms with E-state index in [9.17, 15) is 4.57 Å². The van der Waals surface area contributed by atoms with E-state index in [0.29, 0.717) is 6.61 Å². The number of phosphoric acid groups is 1. The standard InChI is InChI=1S/C12H27O5P.C3H6/c1-3-5-6-7-8-9-10-11-12-15-17-18(13,14)16-4-2;1-3-2/h3-12H2,1-2H3,(H,13,14);3H,1H2,2H3. The fourth-order valence-electron chi connectivity index (χ4n) is 1.58. The van der Waals surface area contributed by atoms with Crippen molar-refractivity contribution in [1.29, 1.82) is 0 Å². The molecule has 0 aromatic carbocycles. The van der Waals surface area contributed by atoms with Crippen LogP contribution in [0.3, 0.4) is 0 Å². The highest BCUT2D eigenvalue weighted by Crippen LogP contribution is 2.43. The zero-order valence-electron chi connectivity index (χ0n) is 13.9. The molecule has 0 rings (SSSR count). The Morgan fingerprint density at radius 2 is 1.52 bits per heavy atom. The van der Waals surface area contributed by atoms with Gasteiger partial charge in [-0.1, -0.05) is 57.9 Å². The van der Waals surface area contributed by atoms with Crippen molar-refractivity contribution < 1.29 is 23.5 Å². The second-order valence-electron chi connectivity index (χ2n) is 4.67. The van der Waals surface area contributed by atoms with Gasteiger partial charge in [-0.15, -0.1) is 11.3 Å². The Labute approximate surface area is 130 Å². The molecule has 128 valence electrons. The second kappa shape index (κ2) is 17.9. The van der Waals surface area contributed by atoms with E-state index in [-0.39, 0.29) is 6.61 Å². The third-order valence-corrected chi connectivity index (χ3v) is 3.40. The van der Waals surface area contributed by atoms with Crippen molar-refractivity contribution in [1.82, 2.24) is 0 Å². The monoisotopic (exact) mass is 324 g/mol. The summed E-state index contributed by atoms with van der Waals surface area (Å²) in [4.78, 5) is 13.7. The van der Waals surface area contributed by atoms with Gasteiger partial charge in [0, 0.05) is 0 Å². The SMILES string of the molecule is C=CC.CCCCCCCCCCOOP(=O)(O)OCC. The van der Waals surface area contributed by atoms with Gasteiger partial charge >= 0.3 is 7.82 Å². The molecule has 1 atom stereocenters. The molecule has 0 saturated heterocycles. The van der Waals surface area contributed by atoms with Crippen LogP contribution in [-0.4, -0.2) is 18.1 Å². The Kier molecular flexibility index (Phi) is 19.6. The van der Waals surface area contributed by atoms with Gasteiger partial charge in [0.15, 0.2) is 0 Å². The summed E-state index contributed by atoms with van der Waals surface area (Å²) in [5.41, 5.74) is 0. The average Bonchev–Trinajstić information content (AvgIpc) is 2.41. The average molecular weight is 324 g/mol. The molecular formula is C15H33O5P. The molecule has 0 aromatic rings. The maximum Gasteiger partial charge on any atom is 0.499 e. The molecule has 1 N–H and O–H groups in total. The lowest BCUT2D eigenvalue weighted by Gasteiger charge is -2.09. The highest BCUT2D eigenvalue weighted by atomic mass is 31.2. The van der Waals surface area contributed by atoms with Crippen LogP contribution in [0.1, 0.15) is 72.1 Å². The number of rotatable bonds is 13. The molecule has 0 aliphatic heterocycles. The molecule has 21 heavy (non-hydrogen) atoms. The summed E-state index contributed by atoms with van der Waals surface area (Å²) >= 11 is 0. The first-order chi connectivity index (χ1) is 10.0. The quantitative estimate of drug-likeness (QED) is 0.161. The van der Waals surface area contributed by atoms with Crippen LogP contribution in [0.5, 0.6) is 0 Å². The predicted molar refractivity (Wildman–Crippen MR) is 87.0 cm³/mol. The van der Waals surface area contributed by atoms with Gasteiger partial charge in [-0.25, -0.2) is 9.45 Å². The molecule has 6 heteroatoms. The van der Waals surface area contributed by atoms with E-state index in [0.717, 1.165) is 12.8 Å². The third-order valence-electron chi connectivity index (χ3n) is 2.52. The van der Waals surface area contributed by atoms with E-state index in [1.54, 1.807) is 13.0 Å². The molecule has 0 heterocycles. The summed E-state index contributed by atoms with van der Waals surface area (Å²) in [6.07, 6.45) is 11.3. The molecule has 0 aliphatic rings. The smallest absolute Gasteiger partial charge is 0.301 e. The molecule has 0 radical (unpaired) electrons. The lowest BCUT2D eigenvalue weighted by atomic mass is 10.1. The lowest BCUT2D eigenvalue weighted by Crippen LogP contribution is -1.98. The van der Waals surface area contributed by atoms with Crippen LogP contribution in [0.2, 0.25) is 0 Å². The van der Waals surface area contributed by atoms with E-state index in [4.69, 9.17) is 4.89 Å². The van der Waals surface area contributed by atoms with Crippen molar-refractivity contribution in [3.8, 4) is 0 Å².